The van der Waals surface area contributed by atoms with Crippen LogP contribution in [0.5, 0.6) is 0 Å². The zero-order valence-corrected chi connectivity index (χ0v) is 34.7. The normalized spacial score (nSPS) is 21.0. The van der Waals surface area contributed by atoms with Crippen LogP contribution in [0.25, 0.3) is 0 Å². The summed E-state index contributed by atoms with van der Waals surface area (Å²) in [6.45, 7) is 7.78. The van der Waals surface area contributed by atoms with Crippen LogP contribution in [-0.2, 0) is 48.2 Å². The molecule has 5 atom stereocenters. The van der Waals surface area contributed by atoms with Crippen molar-refractivity contribution in [3.05, 3.63) is 107 Å². The van der Waals surface area contributed by atoms with Crippen molar-refractivity contribution < 1.29 is 33.5 Å². The van der Waals surface area contributed by atoms with E-state index in [1.807, 2.05) is 74.5 Å². The number of nitrogens with zero attached hydrogens (tertiary/aromatic N) is 1. The number of carbonyl (C=O) groups excluding carboxylic acids is 6. The smallest absolute Gasteiger partial charge is 0.407 e. The third-order valence-electron chi connectivity index (χ3n) is 9.92. The van der Waals surface area contributed by atoms with Crippen LogP contribution in [-0.4, -0.2) is 84.3 Å². The first-order valence-electron chi connectivity index (χ1n) is 19.9. The van der Waals surface area contributed by atoms with E-state index in [-0.39, 0.29) is 50.7 Å². The average molecular weight is 817 g/mol. The first-order chi connectivity index (χ1) is 27.7. The predicted molar refractivity (Wildman–Crippen MR) is 222 cm³/mol. The third kappa shape index (κ3) is 14.2. The summed E-state index contributed by atoms with van der Waals surface area (Å²) in [5, 5.41) is 14.8. The molecule has 3 aromatic rings. The number of carbonyl (C=O) groups is 6. The number of amides is 6. The van der Waals surface area contributed by atoms with Gasteiger partial charge in [-0.2, -0.15) is 0 Å². The van der Waals surface area contributed by atoms with Crippen LogP contribution >= 0.6 is 11.6 Å². The van der Waals surface area contributed by atoms with Crippen LogP contribution in [0.15, 0.2) is 84.9 Å². The molecule has 1 aliphatic heterocycles. The molecule has 14 heteroatoms. The minimum Gasteiger partial charge on any atom is -0.445 e. The average Bonchev–Trinajstić information content (AvgIpc) is 3.19. The van der Waals surface area contributed by atoms with Crippen LogP contribution in [0.2, 0.25) is 5.02 Å². The molecule has 0 bridgehead atoms. The number of halogens is 1. The van der Waals surface area contributed by atoms with E-state index in [9.17, 15) is 28.8 Å². The molecule has 58 heavy (non-hydrogen) atoms. The Morgan fingerprint density at radius 3 is 1.69 bits per heavy atom. The molecular formula is C44H57ClN6O7. The Labute approximate surface area is 346 Å². The Hall–Kier alpha value is -5.43. The standard InChI is InChI=1S/C44H57ClN6O7/c1-28(2)24-37-43(56)51(5)38(29(3)4)42(55)47-34(18-12-13-23-46-44(57)58-27-32-19-21-33(45)22-20-32)39(52)48-35(25-30-14-8-6-9-15-30)40(53)49-36(41(54)50-37)26-31-16-10-7-11-17-31/h6-11,14-17,19-22,28-29,34-38H,12-13,18,23-27H2,1-5H3,(H,46,57)(H,47,55)(H,48,52)(H,49,53)(H,50,54)/t34-,35-,36+,37+,38+/m1/s1. The first kappa shape index (κ1) is 45.3. The fourth-order valence-electron chi connectivity index (χ4n) is 6.91. The minimum atomic E-state index is -1.13. The molecule has 312 valence electrons. The quantitative estimate of drug-likeness (QED) is 0.147. The molecule has 1 saturated heterocycles. The van der Waals surface area contributed by atoms with Crippen LogP contribution in [0, 0.1) is 11.8 Å². The van der Waals surface area contributed by atoms with Gasteiger partial charge in [0.15, 0.2) is 0 Å². The topological polar surface area (TPSA) is 175 Å². The SMILES string of the molecule is CC(C)C[C@@H]1NC(=O)[C@H](Cc2ccccc2)NC(=O)[C@@H](Cc2ccccc2)NC(=O)[C@@H](CCCCNC(=O)OCc2ccc(Cl)cc2)NC(=O)[C@H](C(C)C)N(C)C1=O. The van der Waals surface area contributed by atoms with Crippen LogP contribution in [0.1, 0.15) is 70.1 Å². The first-order valence-corrected chi connectivity index (χ1v) is 20.3. The summed E-state index contributed by atoms with van der Waals surface area (Å²) in [6.07, 6.45) is 0.923. The molecule has 0 aromatic heterocycles. The van der Waals surface area contributed by atoms with Gasteiger partial charge in [0.05, 0.1) is 0 Å². The number of unbranched alkanes of at least 4 members (excludes halogenated alkanes) is 1. The Bertz CT molecular complexity index is 1830. The number of rotatable bonds is 14. The minimum absolute atomic E-state index is 0.000458. The van der Waals surface area contributed by atoms with E-state index in [4.69, 9.17) is 16.3 Å². The lowest BCUT2D eigenvalue weighted by Gasteiger charge is -2.34. The number of hydrogen-bond donors (Lipinski definition) is 5. The Balaban J connectivity index is 1.61. The number of hydrogen-bond acceptors (Lipinski definition) is 7. The van der Waals surface area contributed by atoms with Crippen LogP contribution in [0.3, 0.4) is 0 Å². The summed E-state index contributed by atoms with van der Waals surface area (Å²) in [7, 11) is 1.52. The molecule has 3 aromatic carbocycles. The molecule has 4 rings (SSSR count). The molecule has 0 aliphatic carbocycles. The zero-order valence-electron chi connectivity index (χ0n) is 34.0. The molecule has 0 radical (unpaired) electrons. The molecule has 5 N–H and O–H groups in total. The van der Waals surface area contributed by atoms with Gasteiger partial charge in [-0.05, 0) is 66.3 Å². The fourth-order valence-corrected chi connectivity index (χ4v) is 7.03. The van der Waals surface area contributed by atoms with Gasteiger partial charge in [0, 0.05) is 31.5 Å². The summed E-state index contributed by atoms with van der Waals surface area (Å²) in [5.74, 6) is -3.15. The molecule has 1 aliphatic rings. The molecule has 1 heterocycles. The summed E-state index contributed by atoms with van der Waals surface area (Å²) in [6, 6.07) is 20.0. The number of benzene rings is 3. The number of ether oxygens (including phenoxy) is 1. The molecule has 6 amide bonds. The molecule has 13 nitrogen and oxygen atoms in total. The predicted octanol–water partition coefficient (Wildman–Crippen LogP) is 4.70. The van der Waals surface area contributed by atoms with Crippen molar-refractivity contribution >= 4 is 47.2 Å². The molecule has 0 unspecified atom stereocenters. The summed E-state index contributed by atoms with van der Waals surface area (Å²) in [4.78, 5) is 84.6. The van der Waals surface area contributed by atoms with E-state index in [1.54, 1.807) is 38.1 Å². The van der Waals surface area contributed by atoms with Crippen LogP contribution in [0.4, 0.5) is 4.79 Å². The summed E-state index contributed by atoms with van der Waals surface area (Å²) in [5.41, 5.74) is 2.33. The summed E-state index contributed by atoms with van der Waals surface area (Å²) < 4.78 is 5.29. The van der Waals surface area contributed by atoms with Gasteiger partial charge in [0.1, 0.15) is 36.8 Å². The van der Waals surface area contributed by atoms with E-state index >= 15 is 0 Å². The Morgan fingerprint density at radius 2 is 1.17 bits per heavy atom. The van der Waals surface area contributed by atoms with Gasteiger partial charge in [-0.1, -0.05) is 112 Å². The lowest BCUT2D eigenvalue weighted by atomic mass is 9.97. The lowest BCUT2D eigenvalue weighted by molar-refractivity contribution is -0.144. The number of likely N-dealkylation sites (N-methyl/N-ethyl adjacent to an activating group) is 1. The Kier molecular flexibility index (Phi) is 17.6. The highest BCUT2D eigenvalue weighted by Gasteiger charge is 2.38. The fraction of sp³-hybridized carbons (Fsp3) is 0.455. The van der Waals surface area contributed by atoms with Gasteiger partial charge >= 0.3 is 6.09 Å². The van der Waals surface area contributed by atoms with E-state index in [0.717, 1.165) is 16.7 Å². The second kappa shape index (κ2) is 22.5. The second-order valence-electron chi connectivity index (χ2n) is 15.5. The van der Waals surface area contributed by atoms with Crippen molar-refractivity contribution in [2.75, 3.05) is 13.6 Å². The number of nitrogens with one attached hydrogen (secondary N) is 5. The van der Waals surface area contributed by atoms with Gasteiger partial charge in [-0.15, -0.1) is 0 Å². The van der Waals surface area contributed by atoms with Crippen molar-refractivity contribution in [1.82, 2.24) is 31.5 Å². The summed E-state index contributed by atoms with van der Waals surface area (Å²) >= 11 is 5.93. The van der Waals surface area contributed by atoms with Gasteiger partial charge in [0.25, 0.3) is 0 Å². The highest BCUT2D eigenvalue weighted by Crippen LogP contribution is 2.17. The van der Waals surface area contributed by atoms with Crippen molar-refractivity contribution in [3.63, 3.8) is 0 Å². The largest absolute Gasteiger partial charge is 0.445 e. The van der Waals surface area contributed by atoms with Gasteiger partial charge in [0.2, 0.25) is 29.5 Å². The van der Waals surface area contributed by atoms with Crippen LogP contribution < -0.4 is 26.6 Å². The van der Waals surface area contributed by atoms with E-state index in [1.165, 1.54) is 11.9 Å². The monoisotopic (exact) mass is 816 g/mol. The van der Waals surface area contributed by atoms with Crippen molar-refractivity contribution in [2.24, 2.45) is 11.8 Å². The van der Waals surface area contributed by atoms with Crippen molar-refractivity contribution in [2.45, 2.75) is 103 Å². The molecular weight excluding hydrogens is 760 g/mol. The maximum Gasteiger partial charge on any atom is 0.407 e. The maximum absolute atomic E-state index is 14.2. The molecule has 0 saturated carbocycles. The second-order valence-corrected chi connectivity index (χ2v) is 16.0. The molecule has 0 spiro atoms. The molecule has 1 fully saturated rings. The van der Waals surface area contributed by atoms with E-state index < -0.39 is 65.8 Å². The number of alkyl carbamates (subject to hydrolysis) is 1. The Morgan fingerprint density at radius 1 is 0.672 bits per heavy atom. The van der Waals surface area contributed by atoms with Gasteiger partial charge < -0.3 is 36.2 Å². The van der Waals surface area contributed by atoms with Crippen molar-refractivity contribution in [3.8, 4) is 0 Å². The lowest BCUT2D eigenvalue weighted by Crippen LogP contribution is -2.59. The van der Waals surface area contributed by atoms with Crippen molar-refractivity contribution in [1.29, 1.82) is 0 Å². The van der Waals surface area contributed by atoms with E-state index in [2.05, 4.69) is 26.6 Å². The maximum atomic E-state index is 14.2. The highest BCUT2D eigenvalue weighted by atomic mass is 35.5. The van der Waals surface area contributed by atoms with Gasteiger partial charge in [-0.3, -0.25) is 24.0 Å². The van der Waals surface area contributed by atoms with Gasteiger partial charge in [-0.25, -0.2) is 4.79 Å². The third-order valence-corrected chi connectivity index (χ3v) is 10.2. The van der Waals surface area contributed by atoms with E-state index in [0.29, 0.717) is 17.9 Å². The zero-order chi connectivity index (χ0) is 42.2. The highest BCUT2D eigenvalue weighted by molar-refractivity contribution is 6.30.